The number of aliphatic carboxylic acids is 1. The summed E-state index contributed by atoms with van der Waals surface area (Å²) in [5.41, 5.74) is -0.157. The van der Waals surface area contributed by atoms with Gasteiger partial charge in [0, 0.05) is 18.2 Å². The van der Waals surface area contributed by atoms with E-state index < -0.39 is 29.6 Å². The minimum atomic E-state index is -1.09. The fourth-order valence-corrected chi connectivity index (χ4v) is 2.45. The van der Waals surface area contributed by atoms with E-state index in [1.54, 1.807) is 0 Å². The minimum Gasteiger partial charge on any atom is -0.480 e. The lowest BCUT2D eigenvalue weighted by atomic mass is 10.1. The Morgan fingerprint density at radius 2 is 1.75 bits per heavy atom. The van der Waals surface area contributed by atoms with Gasteiger partial charge in [-0.3, -0.25) is 4.79 Å². The highest BCUT2D eigenvalue weighted by Crippen LogP contribution is 2.20. The Labute approximate surface area is 115 Å². The lowest BCUT2D eigenvalue weighted by Gasteiger charge is -2.27. The van der Waals surface area contributed by atoms with Crippen LogP contribution in [0, 0.1) is 11.6 Å². The molecule has 1 aromatic carbocycles. The topological polar surface area (TPSA) is 57.6 Å². The molecule has 1 aliphatic rings. The monoisotopic (exact) mass is 283 g/mol. The number of carboxylic acids is 1. The first kappa shape index (κ1) is 14.4. The summed E-state index contributed by atoms with van der Waals surface area (Å²) in [7, 11) is 0. The van der Waals surface area contributed by atoms with Crippen LogP contribution in [0.15, 0.2) is 18.2 Å². The van der Waals surface area contributed by atoms with Crippen LogP contribution in [0.4, 0.5) is 8.78 Å². The molecule has 0 aliphatic carbocycles. The van der Waals surface area contributed by atoms with Crippen molar-refractivity contribution < 1.29 is 23.5 Å². The van der Waals surface area contributed by atoms with Gasteiger partial charge in [0.15, 0.2) is 0 Å². The van der Waals surface area contributed by atoms with Gasteiger partial charge in [-0.25, -0.2) is 13.6 Å². The minimum absolute atomic E-state index is 0.157. The van der Waals surface area contributed by atoms with Crippen LogP contribution in [0.5, 0.6) is 0 Å². The van der Waals surface area contributed by atoms with Gasteiger partial charge in [-0.05, 0) is 25.0 Å². The van der Waals surface area contributed by atoms with E-state index in [9.17, 15) is 23.5 Å². The molecule has 4 nitrogen and oxygen atoms in total. The van der Waals surface area contributed by atoms with Crippen molar-refractivity contribution in [2.75, 3.05) is 6.54 Å². The summed E-state index contributed by atoms with van der Waals surface area (Å²) in [5.74, 6) is -3.43. The maximum atomic E-state index is 13.2. The zero-order chi connectivity index (χ0) is 14.7. The highest BCUT2D eigenvalue weighted by molar-refractivity contribution is 5.96. The molecular formula is C14H15F2NO3. The van der Waals surface area contributed by atoms with Crippen molar-refractivity contribution in [1.82, 2.24) is 4.90 Å². The molecule has 0 radical (unpaired) electrons. The predicted molar refractivity (Wildman–Crippen MR) is 67.3 cm³/mol. The molecule has 6 heteroatoms. The van der Waals surface area contributed by atoms with Crippen LogP contribution in [-0.4, -0.2) is 34.5 Å². The molecule has 0 saturated carbocycles. The number of carbonyl (C=O) groups excluding carboxylic acids is 1. The van der Waals surface area contributed by atoms with Crippen LogP contribution < -0.4 is 0 Å². The van der Waals surface area contributed by atoms with E-state index in [1.807, 2.05) is 0 Å². The quantitative estimate of drug-likeness (QED) is 0.907. The first-order valence-electron chi connectivity index (χ1n) is 6.49. The standard InChI is InChI=1S/C14H15F2NO3/c15-10-6-9(7-11(16)8-10)13(18)17-5-3-1-2-4-12(17)14(19)20/h6-8,12H,1-5H2,(H,19,20). The summed E-state index contributed by atoms with van der Waals surface area (Å²) in [6.07, 6.45) is 2.61. The fraction of sp³-hybridized carbons (Fsp3) is 0.429. The molecule has 1 aliphatic heterocycles. The normalized spacial score (nSPS) is 19.5. The first-order chi connectivity index (χ1) is 9.49. The van der Waals surface area contributed by atoms with E-state index in [1.165, 1.54) is 4.90 Å². The second-order valence-electron chi connectivity index (χ2n) is 4.86. The Morgan fingerprint density at radius 3 is 2.35 bits per heavy atom. The number of likely N-dealkylation sites (tertiary alicyclic amines) is 1. The zero-order valence-corrected chi connectivity index (χ0v) is 10.8. The molecule has 1 aromatic rings. The second kappa shape index (κ2) is 5.98. The number of nitrogens with zero attached hydrogens (tertiary/aromatic N) is 1. The maximum Gasteiger partial charge on any atom is 0.326 e. The summed E-state index contributed by atoms with van der Waals surface area (Å²) in [4.78, 5) is 24.7. The fourth-order valence-electron chi connectivity index (χ4n) is 2.45. The van der Waals surface area contributed by atoms with Crippen LogP contribution in [0.3, 0.4) is 0 Å². The van der Waals surface area contributed by atoms with Gasteiger partial charge in [-0.1, -0.05) is 12.8 Å². The van der Waals surface area contributed by atoms with Gasteiger partial charge in [0.1, 0.15) is 17.7 Å². The summed E-state index contributed by atoms with van der Waals surface area (Å²) in [6, 6.07) is 1.59. The number of hydrogen-bond acceptors (Lipinski definition) is 2. The highest BCUT2D eigenvalue weighted by atomic mass is 19.1. The van der Waals surface area contributed by atoms with E-state index in [4.69, 9.17) is 0 Å². The summed E-state index contributed by atoms with van der Waals surface area (Å²) < 4.78 is 26.3. The predicted octanol–water partition coefficient (Wildman–Crippen LogP) is 2.43. The third-order valence-electron chi connectivity index (χ3n) is 3.41. The average Bonchev–Trinajstić information content (AvgIpc) is 2.62. The third-order valence-corrected chi connectivity index (χ3v) is 3.41. The molecule has 1 heterocycles. The van der Waals surface area contributed by atoms with Crippen molar-refractivity contribution in [2.45, 2.75) is 31.7 Å². The molecule has 1 atom stereocenters. The highest BCUT2D eigenvalue weighted by Gasteiger charge is 2.31. The molecule has 1 N–H and O–H groups in total. The molecule has 0 aromatic heterocycles. The molecular weight excluding hydrogens is 268 g/mol. The van der Waals surface area contributed by atoms with E-state index in [-0.39, 0.29) is 12.1 Å². The largest absolute Gasteiger partial charge is 0.480 e. The third kappa shape index (κ3) is 3.12. The lowest BCUT2D eigenvalue weighted by Crippen LogP contribution is -2.44. The zero-order valence-electron chi connectivity index (χ0n) is 10.8. The van der Waals surface area contributed by atoms with E-state index in [2.05, 4.69) is 0 Å². The Morgan fingerprint density at radius 1 is 1.10 bits per heavy atom. The summed E-state index contributed by atoms with van der Waals surface area (Å²) >= 11 is 0. The number of hydrogen-bond donors (Lipinski definition) is 1. The van der Waals surface area contributed by atoms with E-state index >= 15 is 0 Å². The van der Waals surface area contributed by atoms with Gasteiger partial charge in [0.2, 0.25) is 0 Å². The molecule has 1 unspecified atom stereocenters. The number of benzene rings is 1. The molecule has 1 saturated heterocycles. The van der Waals surface area contributed by atoms with Crippen LogP contribution >= 0.6 is 0 Å². The Kier molecular flexibility index (Phi) is 4.32. The number of amides is 1. The Balaban J connectivity index is 2.30. The number of carboxylic acid groups (broad SMARTS) is 1. The van der Waals surface area contributed by atoms with Crippen molar-refractivity contribution in [2.24, 2.45) is 0 Å². The molecule has 108 valence electrons. The second-order valence-corrected chi connectivity index (χ2v) is 4.86. The number of carbonyl (C=O) groups is 2. The van der Waals surface area contributed by atoms with Gasteiger partial charge in [-0.2, -0.15) is 0 Å². The molecule has 20 heavy (non-hydrogen) atoms. The number of rotatable bonds is 2. The van der Waals surface area contributed by atoms with E-state index in [0.29, 0.717) is 18.9 Å². The van der Waals surface area contributed by atoms with Gasteiger partial charge < -0.3 is 10.0 Å². The van der Waals surface area contributed by atoms with Crippen LogP contribution in [-0.2, 0) is 4.79 Å². The van der Waals surface area contributed by atoms with E-state index in [0.717, 1.165) is 25.0 Å². The first-order valence-corrected chi connectivity index (χ1v) is 6.49. The van der Waals surface area contributed by atoms with Crippen LogP contribution in [0.1, 0.15) is 36.0 Å². The van der Waals surface area contributed by atoms with Crippen molar-refractivity contribution in [3.8, 4) is 0 Å². The maximum absolute atomic E-state index is 13.2. The van der Waals surface area contributed by atoms with Crippen LogP contribution in [0.25, 0.3) is 0 Å². The Hall–Kier alpha value is -1.98. The Bertz CT molecular complexity index is 513. The lowest BCUT2D eigenvalue weighted by molar-refractivity contribution is -0.142. The van der Waals surface area contributed by atoms with Crippen molar-refractivity contribution in [3.63, 3.8) is 0 Å². The smallest absolute Gasteiger partial charge is 0.326 e. The molecule has 2 rings (SSSR count). The SMILES string of the molecule is O=C(O)C1CCCCCN1C(=O)c1cc(F)cc(F)c1. The van der Waals surface area contributed by atoms with Crippen molar-refractivity contribution >= 4 is 11.9 Å². The summed E-state index contributed by atoms with van der Waals surface area (Å²) in [6.45, 7) is 0.286. The van der Waals surface area contributed by atoms with Gasteiger partial charge >= 0.3 is 5.97 Å². The van der Waals surface area contributed by atoms with Gasteiger partial charge in [0.05, 0.1) is 0 Å². The molecule has 1 amide bonds. The average molecular weight is 283 g/mol. The number of halogens is 2. The molecule has 1 fully saturated rings. The van der Waals surface area contributed by atoms with Crippen LogP contribution in [0.2, 0.25) is 0 Å². The molecule has 0 spiro atoms. The molecule has 0 bridgehead atoms. The van der Waals surface area contributed by atoms with Gasteiger partial charge in [0.25, 0.3) is 5.91 Å². The van der Waals surface area contributed by atoms with Gasteiger partial charge in [-0.15, -0.1) is 0 Å². The van der Waals surface area contributed by atoms with Crippen molar-refractivity contribution in [1.29, 1.82) is 0 Å². The van der Waals surface area contributed by atoms with Crippen molar-refractivity contribution in [3.05, 3.63) is 35.4 Å². The summed E-state index contributed by atoms with van der Waals surface area (Å²) in [5, 5.41) is 9.20.